The van der Waals surface area contributed by atoms with E-state index in [0.717, 1.165) is 11.1 Å². The van der Waals surface area contributed by atoms with E-state index in [2.05, 4.69) is 11.8 Å². The maximum atomic E-state index is 10.4. The van der Waals surface area contributed by atoms with Gasteiger partial charge < -0.3 is 9.84 Å². The van der Waals surface area contributed by atoms with Gasteiger partial charge in [-0.3, -0.25) is 0 Å². The monoisotopic (exact) mass is 252 g/mol. The van der Waals surface area contributed by atoms with Crippen LogP contribution >= 0.6 is 0 Å². The quantitative estimate of drug-likeness (QED) is 0.854. The van der Waals surface area contributed by atoms with Gasteiger partial charge in [-0.05, 0) is 36.4 Å². The topological polar surface area (TPSA) is 46.5 Å². The van der Waals surface area contributed by atoms with Crippen LogP contribution in [0.2, 0.25) is 0 Å². The van der Waals surface area contributed by atoms with Crippen LogP contribution in [0.25, 0.3) is 0 Å². The summed E-state index contributed by atoms with van der Waals surface area (Å²) in [5.41, 5.74) is 1.81. The van der Waals surface area contributed by atoms with Crippen LogP contribution in [0.15, 0.2) is 54.6 Å². The van der Waals surface area contributed by atoms with Crippen LogP contribution in [-0.4, -0.2) is 17.7 Å². The lowest BCUT2D eigenvalue weighted by molar-refractivity contribution is -0.139. The summed E-state index contributed by atoms with van der Waals surface area (Å²) < 4.78 is 5.04. The van der Waals surface area contributed by atoms with E-state index < -0.39 is 5.97 Å². The van der Waals surface area contributed by atoms with E-state index in [1.807, 2.05) is 30.3 Å². The predicted octanol–water partition coefficient (Wildman–Crippen LogP) is 2.55. The average molecular weight is 252 g/mol. The van der Waals surface area contributed by atoms with E-state index in [0.29, 0.717) is 5.75 Å². The zero-order valence-electron chi connectivity index (χ0n) is 10.2. The van der Waals surface area contributed by atoms with Crippen molar-refractivity contribution in [3.8, 4) is 17.6 Å². The number of hydrogen-bond acceptors (Lipinski definition) is 2. The van der Waals surface area contributed by atoms with Gasteiger partial charge in [0.15, 0.2) is 6.61 Å². The van der Waals surface area contributed by atoms with Crippen molar-refractivity contribution in [3.63, 3.8) is 0 Å². The Morgan fingerprint density at radius 3 is 2.11 bits per heavy atom. The van der Waals surface area contributed by atoms with Gasteiger partial charge in [0, 0.05) is 11.1 Å². The number of carboxylic acid groups (broad SMARTS) is 1. The van der Waals surface area contributed by atoms with Gasteiger partial charge in [0.1, 0.15) is 5.75 Å². The van der Waals surface area contributed by atoms with Gasteiger partial charge in [-0.25, -0.2) is 4.79 Å². The van der Waals surface area contributed by atoms with Crippen LogP contribution in [0, 0.1) is 11.8 Å². The Balaban J connectivity index is 2.03. The van der Waals surface area contributed by atoms with Crippen LogP contribution in [0.4, 0.5) is 0 Å². The third kappa shape index (κ3) is 4.21. The number of benzene rings is 2. The first-order chi connectivity index (χ1) is 9.24. The summed E-state index contributed by atoms with van der Waals surface area (Å²) in [6.07, 6.45) is 0. The Bertz CT molecular complexity index is 604. The van der Waals surface area contributed by atoms with Crippen LogP contribution < -0.4 is 4.74 Å². The molecule has 1 N–H and O–H groups in total. The molecule has 3 heteroatoms. The first-order valence-electron chi connectivity index (χ1n) is 5.76. The van der Waals surface area contributed by atoms with Gasteiger partial charge >= 0.3 is 5.97 Å². The van der Waals surface area contributed by atoms with Gasteiger partial charge in [-0.1, -0.05) is 30.0 Å². The summed E-state index contributed by atoms with van der Waals surface area (Å²) in [7, 11) is 0. The van der Waals surface area contributed by atoms with Crippen molar-refractivity contribution in [1.29, 1.82) is 0 Å². The molecule has 19 heavy (non-hydrogen) atoms. The maximum absolute atomic E-state index is 10.4. The summed E-state index contributed by atoms with van der Waals surface area (Å²) in [5.74, 6) is 5.61. The van der Waals surface area contributed by atoms with Gasteiger partial charge in [0.25, 0.3) is 0 Å². The first kappa shape index (κ1) is 12.7. The fourth-order valence-electron chi connectivity index (χ4n) is 1.45. The minimum absolute atomic E-state index is 0.338. The lowest BCUT2D eigenvalue weighted by atomic mass is 10.2. The van der Waals surface area contributed by atoms with Crippen molar-refractivity contribution in [2.45, 2.75) is 0 Å². The van der Waals surface area contributed by atoms with E-state index >= 15 is 0 Å². The zero-order valence-corrected chi connectivity index (χ0v) is 10.2. The van der Waals surface area contributed by atoms with Crippen LogP contribution in [-0.2, 0) is 4.79 Å². The van der Waals surface area contributed by atoms with Gasteiger partial charge in [-0.2, -0.15) is 0 Å². The third-order valence-corrected chi connectivity index (χ3v) is 2.34. The lowest BCUT2D eigenvalue weighted by Gasteiger charge is -2.01. The molecule has 0 aliphatic carbocycles. The minimum atomic E-state index is -0.993. The van der Waals surface area contributed by atoms with E-state index in [1.54, 1.807) is 24.3 Å². The molecular weight excluding hydrogens is 240 g/mol. The Morgan fingerprint density at radius 2 is 1.53 bits per heavy atom. The molecule has 0 radical (unpaired) electrons. The van der Waals surface area contributed by atoms with Crippen molar-refractivity contribution in [1.82, 2.24) is 0 Å². The number of hydrogen-bond donors (Lipinski definition) is 1. The first-order valence-corrected chi connectivity index (χ1v) is 5.76. The van der Waals surface area contributed by atoms with Crippen molar-refractivity contribution >= 4 is 5.97 Å². The fraction of sp³-hybridized carbons (Fsp3) is 0.0625. The molecule has 0 saturated carbocycles. The number of carbonyl (C=O) groups is 1. The second-order valence-electron chi connectivity index (χ2n) is 3.82. The van der Waals surface area contributed by atoms with Crippen LogP contribution in [0.5, 0.6) is 5.75 Å². The second-order valence-corrected chi connectivity index (χ2v) is 3.82. The van der Waals surface area contributed by atoms with Gasteiger partial charge in [0.2, 0.25) is 0 Å². The molecule has 0 bridgehead atoms. The lowest BCUT2D eigenvalue weighted by Crippen LogP contribution is -2.09. The standard InChI is InChI=1S/C16H12O3/c17-16(18)12-19-15-10-8-14(9-11-15)7-6-13-4-2-1-3-5-13/h1-5,8-11H,12H2,(H,17,18). The van der Waals surface area contributed by atoms with Gasteiger partial charge in [-0.15, -0.1) is 0 Å². The molecule has 2 rings (SSSR count). The predicted molar refractivity (Wildman–Crippen MR) is 72.0 cm³/mol. The van der Waals surface area contributed by atoms with Gasteiger partial charge in [0.05, 0.1) is 0 Å². The molecule has 0 unspecified atom stereocenters. The van der Waals surface area contributed by atoms with Crippen molar-refractivity contribution in [3.05, 3.63) is 65.7 Å². The summed E-state index contributed by atoms with van der Waals surface area (Å²) in [4.78, 5) is 10.4. The molecular formula is C16H12O3. The molecule has 0 heterocycles. The Hall–Kier alpha value is -2.73. The molecule has 2 aromatic rings. The third-order valence-electron chi connectivity index (χ3n) is 2.34. The second kappa shape index (κ2) is 6.27. The highest BCUT2D eigenvalue weighted by Crippen LogP contribution is 2.11. The molecule has 0 aliphatic heterocycles. The molecule has 0 fully saturated rings. The molecule has 0 atom stereocenters. The highest BCUT2D eigenvalue weighted by atomic mass is 16.5. The van der Waals surface area contributed by atoms with E-state index in [1.165, 1.54) is 0 Å². The van der Waals surface area contributed by atoms with Crippen molar-refractivity contribution < 1.29 is 14.6 Å². The normalized spacial score (nSPS) is 9.26. The van der Waals surface area contributed by atoms with E-state index in [4.69, 9.17) is 9.84 Å². The van der Waals surface area contributed by atoms with Crippen LogP contribution in [0.3, 0.4) is 0 Å². The molecule has 94 valence electrons. The maximum Gasteiger partial charge on any atom is 0.341 e. The number of rotatable bonds is 3. The summed E-state index contributed by atoms with van der Waals surface area (Å²) >= 11 is 0. The van der Waals surface area contributed by atoms with E-state index in [-0.39, 0.29) is 6.61 Å². The summed E-state index contributed by atoms with van der Waals surface area (Å²) in [5, 5.41) is 8.49. The summed E-state index contributed by atoms with van der Waals surface area (Å²) in [6.45, 7) is -0.338. The molecule has 0 spiro atoms. The van der Waals surface area contributed by atoms with E-state index in [9.17, 15) is 4.79 Å². The fourth-order valence-corrected chi connectivity index (χ4v) is 1.45. The zero-order chi connectivity index (χ0) is 13.5. The minimum Gasteiger partial charge on any atom is -0.482 e. The van der Waals surface area contributed by atoms with Crippen molar-refractivity contribution in [2.24, 2.45) is 0 Å². The molecule has 3 nitrogen and oxygen atoms in total. The highest BCUT2D eigenvalue weighted by Gasteiger charge is 1.98. The SMILES string of the molecule is O=C(O)COc1ccc(C#Cc2ccccc2)cc1. The summed E-state index contributed by atoms with van der Waals surface area (Å²) in [6, 6.07) is 16.7. The Kier molecular flexibility index (Phi) is 4.20. The number of ether oxygens (including phenoxy) is 1. The largest absolute Gasteiger partial charge is 0.482 e. The van der Waals surface area contributed by atoms with Crippen molar-refractivity contribution in [2.75, 3.05) is 6.61 Å². The molecule has 2 aromatic carbocycles. The smallest absolute Gasteiger partial charge is 0.341 e. The molecule has 0 aromatic heterocycles. The highest BCUT2D eigenvalue weighted by molar-refractivity contribution is 5.68. The average Bonchev–Trinajstić information content (AvgIpc) is 2.45. The Morgan fingerprint density at radius 1 is 0.947 bits per heavy atom. The Labute approximate surface area is 111 Å². The molecule has 0 aliphatic rings. The van der Waals surface area contributed by atoms with Crippen LogP contribution in [0.1, 0.15) is 11.1 Å². The number of carboxylic acids is 1. The molecule has 0 amide bonds. The number of aliphatic carboxylic acids is 1. The molecule has 0 saturated heterocycles.